The van der Waals surface area contributed by atoms with Gasteiger partial charge in [0.1, 0.15) is 5.76 Å². The van der Waals surface area contributed by atoms with Gasteiger partial charge in [-0.1, -0.05) is 0 Å². The minimum Gasteiger partial charge on any atom is -0.466 e. The molecule has 0 bridgehead atoms. The van der Waals surface area contributed by atoms with E-state index in [-0.39, 0.29) is 6.42 Å². The Labute approximate surface area is 122 Å². The first-order valence-corrected chi connectivity index (χ1v) is 7.51. The molecule has 2 atom stereocenters. The lowest BCUT2D eigenvalue weighted by molar-refractivity contribution is -0.136. The highest BCUT2D eigenvalue weighted by Crippen LogP contribution is 2.55. The number of carbonyl (C=O) groups excluding carboxylic acids is 1. The Morgan fingerprint density at radius 2 is 1.91 bits per heavy atom. The standard InChI is InChI=1S/C11H11F5O5S/c1-20-9(17)6-4-7-5(2-3-10(7,12)13)8(6)21-22(18,19)11(14,15)16/h5,7H,2-4H2,1H3. The number of methoxy groups -OCH3 is 1. The monoisotopic (exact) mass is 350 g/mol. The SMILES string of the molecule is COC(=O)C1=C(OS(=O)(=O)C(F)(F)F)C2CCC(F)(F)C2C1. The number of rotatable bonds is 3. The molecule has 2 unspecified atom stereocenters. The van der Waals surface area contributed by atoms with Gasteiger partial charge in [0.15, 0.2) is 0 Å². The van der Waals surface area contributed by atoms with Crippen LogP contribution in [0, 0.1) is 11.8 Å². The van der Waals surface area contributed by atoms with Crippen LogP contribution in [0.5, 0.6) is 0 Å². The molecule has 0 aromatic rings. The zero-order valence-corrected chi connectivity index (χ0v) is 11.9. The molecule has 0 aliphatic heterocycles. The first-order chi connectivity index (χ1) is 9.90. The second-order valence-electron chi connectivity index (χ2n) is 5.03. The number of hydrogen-bond donors (Lipinski definition) is 0. The van der Waals surface area contributed by atoms with E-state index in [4.69, 9.17) is 0 Å². The van der Waals surface area contributed by atoms with Gasteiger partial charge in [-0.15, -0.1) is 0 Å². The average Bonchev–Trinajstić information content (AvgIpc) is 2.86. The second-order valence-corrected chi connectivity index (χ2v) is 6.57. The van der Waals surface area contributed by atoms with Crippen LogP contribution in [0.3, 0.4) is 0 Å². The van der Waals surface area contributed by atoms with Gasteiger partial charge in [0.25, 0.3) is 5.92 Å². The van der Waals surface area contributed by atoms with E-state index in [0.717, 1.165) is 7.11 Å². The number of esters is 1. The lowest BCUT2D eigenvalue weighted by Crippen LogP contribution is -2.27. The number of ether oxygens (including phenoxy) is 1. The lowest BCUT2D eigenvalue weighted by Gasteiger charge is -2.18. The largest absolute Gasteiger partial charge is 0.534 e. The van der Waals surface area contributed by atoms with Crippen molar-refractivity contribution in [3.05, 3.63) is 11.3 Å². The number of allylic oxidation sites excluding steroid dienone is 1. The third-order valence-electron chi connectivity index (χ3n) is 3.79. The van der Waals surface area contributed by atoms with Gasteiger partial charge in [-0.3, -0.25) is 0 Å². The number of fused-ring (bicyclic) bond motifs is 1. The molecule has 22 heavy (non-hydrogen) atoms. The highest BCUT2D eigenvalue weighted by Gasteiger charge is 2.59. The number of halogens is 5. The van der Waals surface area contributed by atoms with Gasteiger partial charge in [-0.2, -0.15) is 21.6 Å². The van der Waals surface area contributed by atoms with E-state index >= 15 is 0 Å². The normalized spacial score (nSPS) is 27.7. The van der Waals surface area contributed by atoms with Gasteiger partial charge >= 0.3 is 21.6 Å². The zero-order valence-electron chi connectivity index (χ0n) is 11.1. The highest BCUT2D eigenvalue weighted by molar-refractivity contribution is 7.87. The molecule has 0 aromatic heterocycles. The summed E-state index contributed by atoms with van der Waals surface area (Å²) in [5, 5.41) is 0. The molecule has 2 rings (SSSR count). The van der Waals surface area contributed by atoms with E-state index in [9.17, 15) is 35.2 Å². The smallest absolute Gasteiger partial charge is 0.466 e. The van der Waals surface area contributed by atoms with Crippen molar-refractivity contribution in [3.8, 4) is 0 Å². The fraction of sp³-hybridized carbons (Fsp3) is 0.727. The predicted octanol–water partition coefficient (Wildman–Crippen LogP) is 2.34. The molecule has 0 saturated heterocycles. The minimum atomic E-state index is -6.04. The summed E-state index contributed by atoms with van der Waals surface area (Å²) in [5.74, 6) is -8.01. The topological polar surface area (TPSA) is 69.7 Å². The molecule has 0 aromatic carbocycles. The Bertz CT molecular complexity index is 621. The molecular weight excluding hydrogens is 339 g/mol. The van der Waals surface area contributed by atoms with Crippen molar-refractivity contribution in [2.75, 3.05) is 7.11 Å². The van der Waals surface area contributed by atoms with E-state index in [1.165, 1.54) is 0 Å². The summed E-state index contributed by atoms with van der Waals surface area (Å²) in [5.41, 5.74) is -6.31. The fourth-order valence-electron chi connectivity index (χ4n) is 2.76. The summed E-state index contributed by atoms with van der Waals surface area (Å²) < 4.78 is 95.0. The van der Waals surface area contributed by atoms with Gasteiger partial charge in [0, 0.05) is 18.3 Å². The third kappa shape index (κ3) is 2.66. The van der Waals surface area contributed by atoms with Crippen LogP contribution in [0.4, 0.5) is 22.0 Å². The predicted molar refractivity (Wildman–Crippen MR) is 60.9 cm³/mol. The van der Waals surface area contributed by atoms with E-state index in [1.807, 2.05) is 0 Å². The number of hydrogen-bond acceptors (Lipinski definition) is 5. The quantitative estimate of drug-likeness (QED) is 0.338. The minimum absolute atomic E-state index is 0.277. The maximum Gasteiger partial charge on any atom is 0.534 e. The van der Waals surface area contributed by atoms with Crippen LogP contribution < -0.4 is 0 Å². The number of carbonyl (C=O) groups is 1. The van der Waals surface area contributed by atoms with Gasteiger partial charge in [-0.25, -0.2) is 13.6 Å². The van der Waals surface area contributed by atoms with Gasteiger partial charge in [0.05, 0.1) is 12.7 Å². The van der Waals surface area contributed by atoms with Gasteiger partial charge in [0.2, 0.25) is 0 Å². The Balaban J connectivity index is 2.42. The molecule has 1 saturated carbocycles. The Morgan fingerprint density at radius 3 is 2.41 bits per heavy atom. The molecule has 0 heterocycles. The lowest BCUT2D eigenvalue weighted by atomic mass is 9.96. The van der Waals surface area contributed by atoms with Crippen LogP contribution >= 0.6 is 0 Å². The fourth-order valence-corrected chi connectivity index (χ4v) is 3.32. The van der Waals surface area contributed by atoms with Crippen molar-refractivity contribution >= 4 is 16.1 Å². The van der Waals surface area contributed by atoms with Crippen molar-refractivity contribution in [1.82, 2.24) is 0 Å². The zero-order chi connectivity index (χ0) is 16.9. The summed E-state index contributed by atoms with van der Waals surface area (Å²) in [6.07, 6.45) is -1.48. The first-order valence-electron chi connectivity index (χ1n) is 6.10. The molecular formula is C11H11F5O5S. The van der Waals surface area contributed by atoms with Gasteiger partial charge < -0.3 is 8.92 Å². The van der Waals surface area contributed by atoms with Crippen LogP contribution in [0.1, 0.15) is 19.3 Å². The molecule has 1 fully saturated rings. The Hall–Kier alpha value is -1.39. The summed E-state index contributed by atoms with van der Waals surface area (Å²) in [6.45, 7) is 0. The molecule has 11 heteroatoms. The van der Waals surface area contributed by atoms with Crippen LogP contribution in [0.25, 0.3) is 0 Å². The average molecular weight is 350 g/mol. The van der Waals surface area contributed by atoms with Crippen molar-refractivity contribution in [2.45, 2.75) is 30.7 Å². The van der Waals surface area contributed by atoms with E-state index < -0.39 is 63.5 Å². The molecule has 0 radical (unpaired) electrons. The van der Waals surface area contributed by atoms with Crippen LogP contribution in [-0.4, -0.2) is 32.9 Å². The van der Waals surface area contributed by atoms with Gasteiger partial charge in [-0.05, 0) is 12.8 Å². The molecule has 5 nitrogen and oxygen atoms in total. The summed E-state index contributed by atoms with van der Waals surface area (Å²) >= 11 is 0. The van der Waals surface area contributed by atoms with Crippen molar-refractivity contribution < 1.29 is 44.1 Å². The Kier molecular flexibility index (Phi) is 3.91. The van der Waals surface area contributed by atoms with Crippen LogP contribution in [0.15, 0.2) is 11.3 Å². The van der Waals surface area contributed by atoms with Crippen molar-refractivity contribution in [2.24, 2.45) is 11.8 Å². The Morgan fingerprint density at radius 1 is 1.32 bits per heavy atom. The first kappa shape index (κ1) is 17.0. The maximum absolute atomic E-state index is 13.7. The third-order valence-corrected chi connectivity index (χ3v) is 4.76. The van der Waals surface area contributed by atoms with Crippen molar-refractivity contribution in [3.63, 3.8) is 0 Å². The molecule has 0 N–H and O–H groups in total. The molecule has 2 aliphatic rings. The number of alkyl halides is 5. The summed E-state index contributed by atoms with van der Waals surface area (Å²) in [7, 11) is -5.14. The second kappa shape index (κ2) is 5.07. The summed E-state index contributed by atoms with van der Waals surface area (Å²) in [6, 6.07) is 0. The molecule has 2 aliphatic carbocycles. The van der Waals surface area contributed by atoms with Crippen LogP contribution in [0.2, 0.25) is 0 Å². The van der Waals surface area contributed by atoms with E-state index in [2.05, 4.69) is 8.92 Å². The van der Waals surface area contributed by atoms with E-state index in [0.29, 0.717) is 0 Å². The van der Waals surface area contributed by atoms with E-state index in [1.54, 1.807) is 0 Å². The van der Waals surface area contributed by atoms with Crippen molar-refractivity contribution in [1.29, 1.82) is 0 Å². The molecule has 126 valence electrons. The molecule has 0 spiro atoms. The molecule has 0 amide bonds. The maximum atomic E-state index is 13.7. The summed E-state index contributed by atoms with van der Waals surface area (Å²) in [4.78, 5) is 11.5. The highest BCUT2D eigenvalue weighted by atomic mass is 32.2. The van der Waals surface area contributed by atoms with Crippen LogP contribution in [-0.2, 0) is 23.8 Å².